The highest BCUT2D eigenvalue weighted by Crippen LogP contribution is 2.17. The van der Waals surface area contributed by atoms with Gasteiger partial charge in [-0.15, -0.1) is 5.10 Å². The molecule has 0 aliphatic carbocycles. The first-order valence-corrected chi connectivity index (χ1v) is 7.17. The summed E-state index contributed by atoms with van der Waals surface area (Å²) in [5.74, 6) is 1.40. The van der Waals surface area contributed by atoms with Gasteiger partial charge in [-0.25, -0.2) is 9.89 Å². The van der Waals surface area contributed by atoms with Gasteiger partial charge in [0.2, 0.25) is 0 Å². The summed E-state index contributed by atoms with van der Waals surface area (Å²) >= 11 is 0. The standard InChI is InChI=1S/C13H20N6O/c1-2-18-7-5-10(6-8-18)9-14-11-3-4-12-15-16-13(20)19(12)17-11/h3-4,10H,2,5-9H2,1H3,(H,14,17)(H,16,20). The Morgan fingerprint density at radius 3 is 2.95 bits per heavy atom. The number of aromatic amines is 1. The molecule has 2 N–H and O–H groups in total. The zero-order valence-corrected chi connectivity index (χ0v) is 11.7. The quantitative estimate of drug-likeness (QED) is 0.853. The number of nitrogens with one attached hydrogen (secondary N) is 2. The van der Waals surface area contributed by atoms with Gasteiger partial charge >= 0.3 is 5.69 Å². The minimum absolute atomic E-state index is 0.306. The molecular weight excluding hydrogens is 256 g/mol. The van der Waals surface area contributed by atoms with Crippen LogP contribution in [-0.4, -0.2) is 50.9 Å². The Bertz CT molecular complexity index is 625. The van der Waals surface area contributed by atoms with Gasteiger partial charge in [-0.3, -0.25) is 0 Å². The maximum absolute atomic E-state index is 11.5. The summed E-state index contributed by atoms with van der Waals surface area (Å²) in [4.78, 5) is 13.9. The van der Waals surface area contributed by atoms with Crippen molar-refractivity contribution in [1.82, 2.24) is 24.7 Å². The second kappa shape index (κ2) is 5.62. The smallest absolute Gasteiger partial charge is 0.364 e. The lowest BCUT2D eigenvalue weighted by atomic mass is 9.97. The molecule has 1 saturated heterocycles. The molecule has 0 unspecified atom stereocenters. The predicted molar refractivity (Wildman–Crippen MR) is 76.9 cm³/mol. The maximum Gasteiger partial charge on any atom is 0.364 e. The Hall–Kier alpha value is -1.89. The van der Waals surface area contributed by atoms with E-state index in [4.69, 9.17) is 0 Å². The van der Waals surface area contributed by atoms with E-state index in [1.54, 1.807) is 6.07 Å². The number of likely N-dealkylation sites (tertiary alicyclic amines) is 1. The third-order valence-corrected chi connectivity index (χ3v) is 4.00. The normalized spacial score (nSPS) is 17.6. The molecule has 0 bridgehead atoms. The van der Waals surface area contributed by atoms with Crippen molar-refractivity contribution in [2.45, 2.75) is 19.8 Å². The van der Waals surface area contributed by atoms with Crippen molar-refractivity contribution >= 4 is 11.5 Å². The van der Waals surface area contributed by atoms with Gasteiger partial charge in [-0.1, -0.05) is 6.92 Å². The van der Waals surface area contributed by atoms with Crippen molar-refractivity contribution in [1.29, 1.82) is 0 Å². The van der Waals surface area contributed by atoms with Crippen LogP contribution in [0.15, 0.2) is 16.9 Å². The van der Waals surface area contributed by atoms with Crippen LogP contribution in [0.4, 0.5) is 5.82 Å². The van der Waals surface area contributed by atoms with Crippen LogP contribution in [0.1, 0.15) is 19.8 Å². The molecule has 3 heterocycles. The van der Waals surface area contributed by atoms with Crippen LogP contribution < -0.4 is 11.0 Å². The minimum atomic E-state index is -0.306. The highest BCUT2D eigenvalue weighted by molar-refractivity contribution is 5.42. The fourth-order valence-corrected chi connectivity index (χ4v) is 2.65. The topological polar surface area (TPSA) is 78.3 Å². The molecule has 7 nitrogen and oxygen atoms in total. The Kier molecular flexibility index (Phi) is 3.68. The van der Waals surface area contributed by atoms with Crippen LogP contribution in [-0.2, 0) is 0 Å². The van der Waals surface area contributed by atoms with E-state index in [1.807, 2.05) is 6.07 Å². The molecule has 20 heavy (non-hydrogen) atoms. The maximum atomic E-state index is 11.5. The highest BCUT2D eigenvalue weighted by Gasteiger charge is 2.17. The van der Waals surface area contributed by atoms with Gasteiger partial charge in [0.1, 0.15) is 5.82 Å². The van der Waals surface area contributed by atoms with Crippen LogP contribution in [0.5, 0.6) is 0 Å². The summed E-state index contributed by atoms with van der Waals surface area (Å²) in [5.41, 5.74) is 0.233. The van der Waals surface area contributed by atoms with E-state index in [1.165, 1.54) is 30.4 Å². The summed E-state index contributed by atoms with van der Waals surface area (Å²) in [5, 5.41) is 13.8. The van der Waals surface area contributed by atoms with Crippen molar-refractivity contribution in [3.63, 3.8) is 0 Å². The van der Waals surface area contributed by atoms with Gasteiger partial charge in [-0.05, 0) is 50.5 Å². The van der Waals surface area contributed by atoms with Crippen molar-refractivity contribution < 1.29 is 0 Å². The van der Waals surface area contributed by atoms with Gasteiger partial charge < -0.3 is 10.2 Å². The average Bonchev–Trinajstić information content (AvgIpc) is 2.87. The summed E-state index contributed by atoms with van der Waals surface area (Å²) in [6, 6.07) is 3.64. The molecule has 0 saturated carbocycles. The minimum Gasteiger partial charge on any atom is -0.368 e. The molecule has 0 radical (unpaired) electrons. The number of aromatic nitrogens is 4. The number of rotatable bonds is 4. The predicted octanol–water partition coefficient (Wildman–Crippen LogP) is 0.561. The van der Waals surface area contributed by atoms with Crippen LogP contribution in [0, 0.1) is 5.92 Å². The first-order valence-electron chi connectivity index (χ1n) is 7.17. The first kappa shape index (κ1) is 13.1. The van der Waals surface area contributed by atoms with Crippen LogP contribution in [0.3, 0.4) is 0 Å². The summed E-state index contributed by atoms with van der Waals surface area (Å²) in [6.45, 7) is 6.61. The lowest BCUT2D eigenvalue weighted by molar-refractivity contribution is 0.198. The second-order valence-corrected chi connectivity index (χ2v) is 5.28. The van der Waals surface area contributed by atoms with Gasteiger partial charge in [0.05, 0.1) is 0 Å². The Labute approximate surface area is 117 Å². The Morgan fingerprint density at radius 2 is 2.20 bits per heavy atom. The van der Waals surface area contributed by atoms with Gasteiger partial charge in [0, 0.05) is 6.54 Å². The summed E-state index contributed by atoms with van der Waals surface area (Å²) < 4.78 is 1.28. The second-order valence-electron chi connectivity index (χ2n) is 5.28. The average molecular weight is 276 g/mol. The number of hydrogen-bond donors (Lipinski definition) is 2. The molecule has 1 fully saturated rings. The van der Waals surface area contributed by atoms with Crippen molar-refractivity contribution in [2.24, 2.45) is 5.92 Å². The van der Waals surface area contributed by atoms with Gasteiger partial charge in [-0.2, -0.15) is 9.61 Å². The Morgan fingerprint density at radius 1 is 1.40 bits per heavy atom. The largest absolute Gasteiger partial charge is 0.368 e. The third-order valence-electron chi connectivity index (χ3n) is 4.00. The summed E-state index contributed by atoms with van der Waals surface area (Å²) in [7, 11) is 0. The van der Waals surface area contributed by atoms with E-state index in [2.05, 4.69) is 32.4 Å². The van der Waals surface area contributed by atoms with E-state index in [0.717, 1.165) is 18.9 Å². The van der Waals surface area contributed by atoms with E-state index < -0.39 is 0 Å². The molecular formula is C13H20N6O. The molecule has 0 aromatic carbocycles. The van der Waals surface area contributed by atoms with Crippen LogP contribution >= 0.6 is 0 Å². The third kappa shape index (κ3) is 2.67. The van der Waals surface area contributed by atoms with Crippen molar-refractivity contribution in [3.8, 4) is 0 Å². The van der Waals surface area contributed by atoms with Crippen LogP contribution in [0.25, 0.3) is 5.65 Å². The number of nitrogens with zero attached hydrogens (tertiary/aromatic N) is 4. The van der Waals surface area contributed by atoms with Crippen LogP contribution in [0.2, 0.25) is 0 Å². The molecule has 2 aromatic heterocycles. The number of piperidine rings is 1. The molecule has 3 rings (SSSR count). The molecule has 1 aliphatic heterocycles. The van der Waals surface area contributed by atoms with Gasteiger partial charge in [0.25, 0.3) is 0 Å². The monoisotopic (exact) mass is 276 g/mol. The zero-order valence-electron chi connectivity index (χ0n) is 11.7. The SMILES string of the molecule is CCN1CCC(CNc2ccc3n[nH]c(=O)n3n2)CC1. The first-order chi connectivity index (χ1) is 9.76. The fourth-order valence-electron chi connectivity index (χ4n) is 2.65. The fraction of sp³-hybridized carbons (Fsp3) is 0.615. The van der Waals surface area contributed by atoms with E-state index in [9.17, 15) is 4.79 Å². The number of hydrogen-bond acceptors (Lipinski definition) is 5. The number of H-pyrrole nitrogens is 1. The lowest BCUT2D eigenvalue weighted by Gasteiger charge is -2.31. The van der Waals surface area contributed by atoms with E-state index in [0.29, 0.717) is 11.6 Å². The van der Waals surface area contributed by atoms with E-state index >= 15 is 0 Å². The molecule has 0 atom stereocenters. The molecule has 7 heteroatoms. The molecule has 2 aromatic rings. The van der Waals surface area contributed by atoms with Crippen molar-refractivity contribution in [3.05, 3.63) is 22.6 Å². The highest BCUT2D eigenvalue weighted by atomic mass is 16.2. The number of fused-ring (bicyclic) bond motifs is 1. The summed E-state index contributed by atoms with van der Waals surface area (Å²) in [6.07, 6.45) is 2.43. The van der Waals surface area contributed by atoms with Gasteiger partial charge in [0.15, 0.2) is 5.65 Å². The molecule has 0 amide bonds. The molecule has 0 spiro atoms. The number of anilines is 1. The molecule has 108 valence electrons. The zero-order chi connectivity index (χ0) is 13.9. The lowest BCUT2D eigenvalue weighted by Crippen LogP contribution is -2.35. The van der Waals surface area contributed by atoms with Crippen molar-refractivity contribution in [2.75, 3.05) is 31.5 Å². The Balaban J connectivity index is 1.60. The molecule has 1 aliphatic rings. The van der Waals surface area contributed by atoms with E-state index in [-0.39, 0.29) is 5.69 Å².